The lowest BCUT2D eigenvalue weighted by atomic mass is 9.87. The Labute approximate surface area is 173 Å². The van der Waals surface area contributed by atoms with Gasteiger partial charge in [-0.1, -0.05) is 53.6 Å². The van der Waals surface area contributed by atoms with Crippen LogP contribution >= 0.6 is 22.9 Å². The monoisotopic (exact) mass is 411 g/mol. The van der Waals surface area contributed by atoms with E-state index in [1.54, 1.807) is 0 Å². The predicted octanol–water partition coefficient (Wildman–Crippen LogP) is 5.91. The molecule has 0 N–H and O–H groups in total. The van der Waals surface area contributed by atoms with Gasteiger partial charge in [0.25, 0.3) is 5.91 Å². The number of fused-ring (bicyclic) bond motifs is 1. The van der Waals surface area contributed by atoms with Crippen molar-refractivity contribution in [3.8, 4) is 0 Å². The molecule has 0 unspecified atom stereocenters. The predicted molar refractivity (Wildman–Crippen MR) is 116 cm³/mol. The van der Waals surface area contributed by atoms with Gasteiger partial charge in [0, 0.05) is 34.7 Å². The zero-order valence-corrected chi connectivity index (χ0v) is 17.6. The summed E-state index contributed by atoms with van der Waals surface area (Å²) < 4.78 is 1.02. The molecule has 28 heavy (non-hydrogen) atoms. The van der Waals surface area contributed by atoms with Gasteiger partial charge in [0.05, 0.1) is 5.02 Å². The van der Waals surface area contributed by atoms with Gasteiger partial charge in [0.1, 0.15) is 4.88 Å². The number of nitrogens with zero attached hydrogens (tertiary/aromatic N) is 1. The summed E-state index contributed by atoms with van der Waals surface area (Å²) in [6, 6.07) is 13.8. The fourth-order valence-electron chi connectivity index (χ4n) is 3.95. The molecular formula is C23H22ClNO2S. The van der Waals surface area contributed by atoms with Gasteiger partial charge in [0.15, 0.2) is 5.78 Å². The molecule has 0 bridgehead atoms. The summed E-state index contributed by atoms with van der Waals surface area (Å²) in [5.74, 6) is 0.149. The Hall–Kier alpha value is -2.17. The number of carbonyl (C=O) groups is 2. The highest BCUT2D eigenvalue weighted by molar-refractivity contribution is 7.21. The zero-order chi connectivity index (χ0) is 19.8. The quantitative estimate of drug-likeness (QED) is 0.502. The molecule has 0 saturated carbocycles. The number of hydrogen-bond donors (Lipinski definition) is 0. The smallest absolute Gasteiger partial charge is 0.265 e. The van der Waals surface area contributed by atoms with Gasteiger partial charge < -0.3 is 4.90 Å². The maximum absolute atomic E-state index is 13.0. The van der Waals surface area contributed by atoms with Crippen LogP contribution in [-0.4, -0.2) is 29.7 Å². The molecule has 1 aromatic heterocycles. The van der Waals surface area contributed by atoms with Crippen molar-refractivity contribution in [2.75, 3.05) is 13.1 Å². The van der Waals surface area contributed by atoms with Crippen LogP contribution in [0.1, 0.15) is 44.0 Å². The standard InChI is InChI=1S/C23H22ClNO2S/c1-14-7-8-17(15(2)13-14)21(26)16-9-11-25(12-10-16)23(27)22-20(24)18-5-3-4-6-19(18)28-22/h3-8,13,16H,9-12H2,1-2H3. The topological polar surface area (TPSA) is 37.4 Å². The molecule has 5 heteroatoms. The first-order chi connectivity index (χ1) is 13.5. The van der Waals surface area contributed by atoms with E-state index in [-0.39, 0.29) is 17.6 Å². The lowest BCUT2D eigenvalue weighted by molar-refractivity contribution is 0.0654. The molecule has 1 fully saturated rings. The van der Waals surface area contributed by atoms with Gasteiger partial charge in [-0.2, -0.15) is 0 Å². The normalized spacial score (nSPS) is 15.2. The number of thiophene rings is 1. The first-order valence-electron chi connectivity index (χ1n) is 9.53. The molecule has 0 radical (unpaired) electrons. The molecule has 0 aliphatic carbocycles. The second-order valence-electron chi connectivity index (χ2n) is 7.49. The number of carbonyl (C=O) groups excluding carboxylic acids is 2. The van der Waals surface area contributed by atoms with E-state index in [9.17, 15) is 9.59 Å². The van der Waals surface area contributed by atoms with Crippen LogP contribution in [0.25, 0.3) is 10.1 Å². The second kappa shape index (κ2) is 7.69. The van der Waals surface area contributed by atoms with Crippen LogP contribution in [0.15, 0.2) is 42.5 Å². The first-order valence-corrected chi connectivity index (χ1v) is 10.7. The van der Waals surface area contributed by atoms with E-state index in [4.69, 9.17) is 11.6 Å². The molecule has 0 spiro atoms. The number of benzene rings is 2. The van der Waals surface area contributed by atoms with Crippen molar-refractivity contribution in [2.45, 2.75) is 26.7 Å². The minimum atomic E-state index is -0.0247. The molecule has 144 valence electrons. The molecule has 0 atom stereocenters. The minimum Gasteiger partial charge on any atom is -0.338 e. The first kappa shape index (κ1) is 19.2. The molecule has 2 aromatic carbocycles. The second-order valence-corrected chi connectivity index (χ2v) is 8.92. The Kier molecular flexibility index (Phi) is 5.26. The lowest BCUT2D eigenvalue weighted by Gasteiger charge is -2.31. The summed E-state index contributed by atoms with van der Waals surface area (Å²) in [6.45, 7) is 5.20. The molecule has 3 aromatic rings. The highest BCUT2D eigenvalue weighted by Crippen LogP contribution is 2.36. The van der Waals surface area contributed by atoms with Crippen molar-refractivity contribution in [2.24, 2.45) is 5.92 Å². The number of piperidine rings is 1. The number of hydrogen-bond acceptors (Lipinski definition) is 3. The van der Waals surface area contributed by atoms with Crippen molar-refractivity contribution in [3.05, 3.63) is 69.1 Å². The Morgan fingerprint density at radius 1 is 1.07 bits per heavy atom. The number of halogens is 1. The molecule has 4 rings (SSSR count). The summed E-state index contributed by atoms with van der Waals surface area (Å²) in [7, 11) is 0. The fraction of sp³-hybridized carbons (Fsp3) is 0.304. The van der Waals surface area contributed by atoms with Crippen LogP contribution in [0, 0.1) is 19.8 Å². The van der Waals surface area contributed by atoms with Crippen LogP contribution in [0.5, 0.6) is 0 Å². The van der Waals surface area contributed by atoms with E-state index < -0.39 is 0 Å². The third-order valence-corrected chi connectivity index (χ3v) is 7.19. The summed E-state index contributed by atoms with van der Waals surface area (Å²) in [5, 5.41) is 1.47. The van der Waals surface area contributed by atoms with E-state index in [1.165, 1.54) is 11.3 Å². The van der Waals surface area contributed by atoms with Gasteiger partial charge in [-0.05, 0) is 38.3 Å². The van der Waals surface area contributed by atoms with Gasteiger partial charge in [-0.15, -0.1) is 11.3 Å². The van der Waals surface area contributed by atoms with E-state index >= 15 is 0 Å². The molecule has 1 saturated heterocycles. The average molecular weight is 412 g/mol. The third-order valence-electron chi connectivity index (χ3n) is 5.53. The van der Waals surface area contributed by atoms with E-state index in [1.807, 2.05) is 55.1 Å². The van der Waals surface area contributed by atoms with E-state index in [0.29, 0.717) is 35.8 Å². The number of rotatable bonds is 3. The van der Waals surface area contributed by atoms with Crippen molar-refractivity contribution >= 4 is 44.7 Å². The molecule has 1 amide bonds. The van der Waals surface area contributed by atoms with Crippen LogP contribution < -0.4 is 0 Å². The van der Waals surface area contributed by atoms with E-state index in [2.05, 4.69) is 6.07 Å². The summed E-state index contributed by atoms with van der Waals surface area (Å²) in [5.41, 5.74) is 3.00. The Morgan fingerprint density at radius 3 is 2.46 bits per heavy atom. The molecule has 3 nitrogen and oxygen atoms in total. The highest BCUT2D eigenvalue weighted by atomic mass is 35.5. The van der Waals surface area contributed by atoms with E-state index in [0.717, 1.165) is 26.8 Å². The lowest BCUT2D eigenvalue weighted by Crippen LogP contribution is -2.40. The summed E-state index contributed by atoms with van der Waals surface area (Å²) in [6.07, 6.45) is 1.39. The van der Waals surface area contributed by atoms with Crippen molar-refractivity contribution in [1.82, 2.24) is 4.90 Å². The molecule has 1 aliphatic rings. The van der Waals surface area contributed by atoms with Gasteiger partial charge in [-0.25, -0.2) is 0 Å². The molecule has 1 aliphatic heterocycles. The van der Waals surface area contributed by atoms with Gasteiger partial charge >= 0.3 is 0 Å². The Morgan fingerprint density at radius 2 is 1.79 bits per heavy atom. The minimum absolute atomic E-state index is 0.0244. The number of likely N-dealkylation sites (tertiary alicyclic amines) is 1. The number of amides is 1. The van der Waals surface area contributed by atoms with Crippen LogP contribution in [0.2, 0.25) is 5.02 Å². The van der Waals surface area contributed by atoms with Crippen LogP contribution in [0.3, 0.4) is 0 Å². The van der Waals surface area contributed by atoms with Crippen molar-refractivity contribution in [1.29, 1.82) is 0 Å². The third kappa shape index (κ3) is 3.47. The fourth-order valence-corrected chi connectivity index (χ4v) is 5.43. The average Bonchev–Trinajstić information content (AvgIpc) is 3.04. The highest BCUT2D eigenvalue weighted by Gasteiger charge is 2.30. The number of aryl methyl sites for hydroxylation is 2. The van der Waals surface area contributed by atoms with Crippen molar-refractivity contribution < 1.29 is 9.59 Å². The maximum atomic E-state index is 13.0. The number of Topliss-reactive ketones (excluding diaryl/α,β-unsaturated/α-hetero) is 1. The molecular weight excluding hydrogens is 390 g/mol. The number of ketones is 1. The largest absolute Gasteiger partial charge is 0.338 e. The molecule has 2 heterocycles. The van der Waals surface area contributed by atoms with Crippen LogP contribution in [0.4, 0.5) is 0 Å². The Balaban J connectivity index is 1.47. The van der Waals surface area contributed by atoms with Gasteiger partial charge in [-0.3, -0.25) is 9.59 Å². The zero-order valence-electron chi connectivity index (χ0n) is 16.0. The maximum Gasteiger partial charge on any atom is 0.265 e. The van der Waals surface area contributed by atoms with Crippen molar-refractivity contribution in [3.63, 3.8) is 0 Å². The van der Waals surface area contributed by atoms with Gasteiger partial charge in [0.2, 0.25) is 0 Å². The van der Waals surface area contributed by atoms with Crippen LogP contribution in [-0.2, 0) is 0 Å². The summed E-state index contributed by atoms with van der Waals surface area (Å²) >= 11 is 7.91. The summed E-state index contributed by atoms with van der Waals surface area (Å²) in [4.78, 5) is 28.4. The Bertz CT molecular complexity index is 1060. The SMILES string of the molecule is Cc1ccc(C(=O)C2CCN(C(=O)c3sc4ccccc4c3Cl)CC2)c(C)c1.